The van der Waals surface area contributed by atoms with Crippen molar-refractivity contribution in [1.29, 1.82) is 0 Å². The Kier molecular flexibility index (Phi) is 3.01. The molecule has 1 amide bonds. The number of carboxylic acid groups (broad SMARTS) is 1. The van der Waals surface area contributed by atoms with Crippen molar-refractivity contribution < 1.29 is 14.7 Å². The average molecular weight is 259 g/mol. The molecule has 0 aromatic heterocycles. The van der Waals surface area contributed by atoms with E-state index in [0.29, 0.717) is 19.3 Å². The lowest BCUT2D eigenvalue weighted by Crippen LogP contribution is -2.34. The first-order valence-corrected chi connectivity index (χ1v) is 6.79. The van der Waals surface area contributed by atoms with Crippen LogP contribution in [0.5, 0.6) is 0 Å². The minimum absolute atomic E-state index is 0.105. The standard InChI is InChI=1S/C15H17NO3/c17-14(11-5-6-12(9-11)15(18)19)16-8-7-10-3-1-2-4-13(10)16/h1-4,11-12H,5-9H2,(H,18,19)/t11-,12+/m1/s1. The molecule has 2 atom stereocenters. The van der Waals surface area contributed by atoms with E-state index in [1.807, 2.05) is 23.1 Å². The van der Waals surface area contributed by atoms with Gasteiger partial charge in [0.25, 0.3) is 0 Å². The molecule has 1 aromatic carbocycles. The van der Waals surface area contributed by atoms with Crippen LogP contribution in [0.1, 0.15) is 24.8 Å². The fourth-order valence-electron chi connectivity index (χ4n) is 3.22. The van der Waals surface area contributed by atoms with Crippen molar-refractivity contribution in [1.82, 2.24) is 0 Å². The van der Waals surface area contributed by atoms with E-state index >= 15 is 0 Å². The van der Waals surface area contributed by atoms with Gasteiger partial charge in [0.1, 0.15) is 0 Å². The molecule has 1 aliphatic carbocycles. The summed E-state index contributed by atoms with van der Waals surface area (Å²) in [6, 6.07) is 7.96. The van der Waals surface area contributed by atoms with E-state index in [0.717, 1.165) is 18.7 Å². The molecule has 19 heavy (non-hydrogen) atoms. The molecule has 1 N–H and O–H groups in total. The molecule has 1 aliphatic heterocycles. The van der Waals surface area contributed by atoms with Crippen molar-refractivity contribution in [2.75, 3.05) is 11.4 Å². The summed E-state index contributed by atoms with van der Waals surface area (Å²) in [5, 5.41) is 9.01. The molecule has 1 heterocycles. The smallest absolute Gasteiger partial charge is 0.306 e. The topological polar surface area (TPSA) is 57.6 Å². The van der Waals surface area contributed by atoms with Gasteiger partial charge in [0.05, 0.1) is 5.92 Å². The lowest BCUT2D eigenvalue weighted by Gasteiger charge is -2.21. The molecule has 0 spiro atoms. The van der Waals surface area contributed by atoms with Gasteiger partial charge in [-0.25, -0.2) is 0 Å². The molecule has 4 heteroatoms. The lowest BCUT2D eigenvalue weighted by atomic mass is 10.0. The van der Waals surface area contributed by atoms with Crippen LogP contribution in [-0.4, -0.2) is 23.5 Å². The van der Waals surface area contributed by atoms with Crippen LogP contribution in [0, 0.1) is 11.8 Å². The highest BCUT2D eigenvalue weighted by Gasteiger charge is 2.37. The van der Waals surface area contributed by atoms with Gasteiger partial charge in [0, 0.05) is 18.2 Å². The van der Waals surface area contributed by atoms with E-state index in [1.165, 1.54) is 5.56 Å². The van der Waals surface area contributed by atoms with E-state index in [2.05, 4.69) is 6.07 Å². The van der Waals surface area contributed by atoms with E-state index in [4.69, 9.17) is 5.11 Å². The average Bonchev–Trinajstić information content (AvgIpc) is 3.05. The monoisotopic (exact) mass is 259 g/mol. The first-order chi connectivity index (χ1) is 9.16. The van der Waals surface area contributed by atoms with Gasteiger partial charge in [-0.1, -0.05) is 18.2 Å². The van der Waals surface area contributed by atoms with Gasteiger partial charge in [0.2, 0.25) is 5.91 Å². The third-order valence-corrected chi connectivity index (χ3v) is 4.28. The van der Waals surface area contributed by atoms with E-state index < -0.39 is 5.97 Å². The van der Waals surface area contributed by atoms with Crippen LogP contribution in [0.3, 0.4) is 0 Å². The van der Waals surface area contributed by atoms with Gasteiger partial charge in [0.15, 0.2) is 0 Å². The highest BCUT2D eigenvalue weighted by atomic mass is 16.4. The second-order valence-corrected chi connectivity index (χ2v) is 5.41. The minimum Gasteiger partial charge on any atom is -0.481 e. The van der Waals surface area contributed by atoms with Gasteiger partial charge in [-0.15, -0.1) is 0 Å². The number of fused-ring (bicyclic) bond motifs is 1. The first-order valence-electron chi connectivity index (χ1n) is 6.79. The molecular weight excluding hydrogens is 242 g/mol. The van der Waals surface area contributed by atoms with Crippen molar-refractivity contribution in [2.24, 2.45) is 11.8 Å². The molecule has 0 radical (unpaired) electrons. The SMILES string of the molecule is O=C(O)[C@H]1CC[C@@H](C(=O)N2CCc3ccccc32)C1. The highest BCUT2D eigenvalue weighted by Crippen LogP contribution is 2.36. The first kappa shape index (κ1) is 12.2. The second kappa shape index (κ2) is 4.68. The number of benzene rings is 1. The number of aliphatic carboxylic acids is 1. The third kappa shape index (κ3) is 2.11. The fraction of sp³-hybridized carbons (Fsp3) is 0.467. The Morgan fingerprint density at radius 2 is 1.89 bits per heavy atom. The Morgan fingerprint density at radius 3 is 2.63 bits per heavy atom. The molecule has 0 unspecified atom stereocenters. The third-order valence-electron chi connectivity index (χ3n) is 4.28. The quantitative estimate of drug-likeness (QED) is 0.884. The second-order valence-electron chi connectivity index (χ2n) is 5.41. The number of nitrogens with zero attached hydrogens (tertiary/aromatic N) is 1. The molecule has 4 nitrogen and oxygen atoms in total. The van der Waals surface area contributed by atoms with Crippen molar-refractivity contribution in [3.8, 4) is 0 Å². The van der Waals surface area contributed by atoms with Gasteiger partial charge >= 0.3 is 5.97 Å². The number of carbonyl (C=O) groups excluding carboxylic acids is 1. The Labute approximate surface area is 112 Å². The van der Waals surface area contributed by atoms with Crippen molar-refractivity contribution in [3.05, 3.63) is 29.8 Å². The van der Waals surface area contributed by atoms with Crippen molar-refractivity contribution in [2.45, 2.75) is 25.7 Å². The lowest BCUT2D eigenvalue weighted by molar-refractivity contribution is -0.141. The number of carbonyl (C=O) groups is 2. The van der Waals surface area contributed by atoms with E-state index in [1.54, 1.807) is 0 Å². The van der Waals surface area contributed by atoms with Crippen LogP contribution < -0.4 is 4.90 Å². The van der Waals surface area contributed by atoms with Crippen molar-refractivity contribution >= 4 is 17.6 Å². The van der Waals surface area contributed by atoms with Crippen LogP contribution in [-0.2, 0) is 16.0 Å². The summed E-state index contributed by atoms with van der Waals surface area (Å²) >= 11 is 0. The number of anilines is 1. The fourth-order valence-corrected chi connectivity index (χ4v) is 3.22. The number of rotatable bonds is 2. The zero-order chi connectivity index (χ0) is 13.4. The molecule has 3 rings (SSSR count). The molecule has 1 saturated carbocycles. The maximum absolute atomic E-state index is 12.5. The van der Waals surface area contributed by atoms with Crippen LogP contribution in [0.4, 0.5) is 5.69 Å². The predicted octanol–water partition coefficient (Wildman–Crippen LogP) is 2.08. The summed E-state index contributed by atoms with van der Waals surface area (Å²) in [5.74, 6) is -1.12. The van der Waals surface area contributed by atoms with Crippen LogP contribution in [0.25, 0.3) is 0 Å². The van der Waals surface area contributed by atoms with Gasteiger partial charge in [-0.2, -0.15) is 0 Å². The molecule has 0 saturated heterocycles. The Hall–Kier alpha value is -1.84. The molecule has 1 aromatic rings. The van der Waals surface area contributed by atoms with Gasteiger partial charge in [-0.05, 0) is 37.3 Å². The number of hydrogen-bond donors (Lipinski definition) is 1. The number of hydrogen-bond acceptors (Lipinski definition) is 2. The van der Waals surface area contributed by atoms with Crippen LogP contribution in [0.2, 0.25) is 0 Å². The molecule has 0 bridgehead atoms. The van der Waals surface area contributed by atoms with Crippen molar-refractivity contribution in [3.63, 3.8) is 0 Å². The zero-order valence-electron chi connectivity index (χ0n) is 10.7. The van der Waals surface area contributed by atoms with Crippen LogP contribution >= 0.6 is 0 Å². The molecule has 1 fully saturated rings. The maximum atomic E-state index is 12.5. The number of amides is 1. The molecule has 2 aliphatic rings. The Bertz CT molecular complexity index is 526. The van der Waals surface area contributed by atoms with E-state index in [-0.39, 0.29) is 17.7 Å². The summed E-state index contributed by atoms with van der Waals surface area (Å²) in [7, 11) is 0. The summed E-state index contributed by atoms with van der Waals surface area (Å²) in [6.07, 6.45) is 2.72. The van der Waals surface area contributed by atoms with Crippen LogP contribution in [0.15, 0.2) is 24.3 Å². The van der Waals surface area contributed by atoms with E-state index in [9.17, 15) is 9.59 Å². The normalized spacial score (nSPS) is 25.4. The predicted molar refractivity (Wildman–Crippen MR) is 71.0 cm³/mol. The zero-order valence-corrected chi connectivity index (χ0v) is 10.7. The Morgan fingerprint density at radius 1 is 1.16 bits per heavy atom. The number of carboxylic acids is 1. The summed E-state index contributed by atoms with van der Waals surface area (Å²) in [4.78, 5) is 25.3. The van der Waals surface area contributed by atoms with Gasteiger partial charge in [-0.3, -0.25) is 9.59 Å². The summed E-state index contributed by atoms with van der Waals surface area (Å²) < 4.78 is 0. The summed E-state index contributed by atoms with van der Waals surface area (Å²) in [6.45, 7) is 0.729. The highest BCUT2D eigenvalue weighted by molar-refractivity contribution is 5.97. The molecular formula is C15H17NO3. The number of para-hydroxylation sites is 1. The minimum atomic E-state index is -0.767. The largest absolute Gasteiger partial charge is 0.481 e. The summed E-state index contributed by atoms with van der Waals surface area (Å²) in [5.41, 5.74) is 2.22. The van der Waals surface area contributed by atoms with Gasteiger partial charge < -0.3 is 10.0 Å². The molecule has 100 valence electrons. The Balaban J connectivity index is 1.74. The maximum Gasteiger partial charge on any atom is 0.306 e.